The van der Waals surface area contributed by atoms with E-state index >= 15 is 0 Å². The smallest absolute Gasteiger partial charge is 0.282 e. The van der Waals surface area contributed by atoms with Gasteiger partial charge in [-0.1, -0.05) is 103 Å². The van der Waals surface area contributed by atoms with Crippen molar-refractivity contribution in [3.8, 4) is 0 Å². The van der Waals surface area contributed by atoms with E-state index in [-0.39, 0.29) is 0 Å². The molecule has 0 saturated carbocycles. The largest absolute Gasteiger partial charge is 0.331 e. The number of ether oxygens (including phenoxy) is 6. The fourth-order valence-electron chi connectivity index (χ4n) is 5.81. The van der Waals surface area contributed by atoms with E-state index in [1.165, 1.54) is 129 Å². The Morgan fingerprint density at radius 2 is 0.595 bits per heavy atom. The molecule has 0 aromatic rings. The predicted octanol–water partition coefficient (Wildman–Crippen LogP) is 8.02. The third kappa shape index (κ3) is 21.4. The normalized spacial score (nSPS) is 12.6. The van der Waals surface area contributed by atoms with Crippen LogP contribution in [0.5, 0.6) is 0 Å². The van der Waals surface area contributed by atoms with Crippen LogP contribution in [0, 0.1) is 0 Å². The SMILES string of the molecule is COC(CCCCCCCCCCCCN(CCN)CCCCCCCCCCCCC(OC)(OC)OC)(OC)OC. The molecule has 8 nitrogen and oxygen atoms in total. The van der Waals surface area contributed by atoms with E-state index in [0.717, 1.165) is 38.8 Å². The quantitative estimate of drug-likeness (QED) is 0.0584. The highest BCUT2D eigenvalue weighted by molar-refractivity contribution is 4.61. The molecule has 254 valence electrons. The summed E-state index contributed by atoms with van der Waals surface area (Å²) in [4.78, 5) is 2.59. The number of hydrogen-bond acceptors (Lipinski definition) is 8. The Morgan fingerprint density at radius 1 is 0.357 bits per heavy atom. The van der Waals surface area contributed by atoms with Gasteiger partial charge < -0.3 is 39.1 Å². The summed E-state index contributed by atoms with van der Waals surface area (Å²) >= 11 is 0. The van der Waals surface area contributed by atoms with E-state index in [1.54, 1.807) is 42.7 Å². The van der Waals surface area contributed by atoms with Gasteiger partial charge in [0.15, 0.2) is 0 Å². The van der Waals surface area contributed by atoms with Crippen LogP contribution in [0.15, 0.2) is 0 Å². The van der Waals surface area contributed by atoms with Crippen LogP contribution in [0.1, 0.15) is 141 Å². The molecule has 0 fully saturated rings. The van der Waals surface area contributed by atoms with Crippen molar-refractivity contribution >= 4 is 0 Å². The lowest BCUT2D eigenvalue weighted by atomic mass is 10.0. The van der Waals surface area contributed by atoms with Crippen LogP contribution in [0.3, 0.4) is 0 Å². The standard InChI is InChI=1S/C34H72N2O6/c1-37-33(38-2,39-3)27-23-19-15-11-7-9-13-17-21-25-30-36(32-29-35)31-26-22-18-14-10-8-12-16-20-24-28-34(40-4,41-5)42-6/h7-32,35H2,1-6H3. The fourth-order valence-corrected chi connectivity index (χ4v) is 5.81. The lowest BCUT2D eigenvalue weighted by Gasteiger charge is -2.28. The minimum absolute atomic E-state index is 0.771. The monoisotopic (exact) mass is 605 g/mol. The maximum atomic E-state index is 5.89. The molecule has 0 aromatic carbocycles. The van der Waals surface area contributed by atoms with Crippen LogP contribution in [0.25, 0.3) is 0 Å². The predicted molar refractivity (Wildman–Crippen MR) is 175 cm³/mol. The van der Waals surface area contributed by atoms with Gasteiger partial charge in [-0.25, -0.2) is 0 Å². The Morgan fingerprint density at radius 3 is 0.833 bits per heavy atom. The first-order valence-electron chi connectivity index (χ1n) is 17.2. The molecule has 0 bridgehead atoms. The molecule has 0 amide bonds. The van der Waals surface area contributed by atoms with Crippen molar-refractivity contribution in [2.45, 2.75) is 153 Å². The molecule has 0 heterocycles. The number of hydrogen-bond donors (Lipinski definition) is 1. The van der Waals surface area contributed by atoms with Crippen LogP contribution in [-0.4, -0.2) is 85.7 Å². The number of nitrogens with two attached hydrogens (primary N) is 1. The van der Waals surface area contributed by atoms with Crippen molar-refractivity contribution in [1.82, 2.24) is 4.90 Å². The molecule has 0 rings (SSSR count). The lowest BCUT2D eigenvalue weighted by Crippen LogP contribution is -2.35. The second-order valence-corrected chi connectivity index (χ2v) is 11.8. The van der Waals surface area contributed by atoms with Crippen molar-refractivity contribution in [2.24, 2.45) is 5.73 Å². The van der Waals surface area contributed by atoms with Gasteiger partial charge >= 0.3 is 0 Å². The number of methoxy groups -OCH3 is 6. The molecule has 0 aliphatic carbocycles. The zero-order chi connectivity index (χ0) is 31.2. The Bertz CT molecular complexity index is 486. The minimum Gasteiger partial charge on any atom is -0.331 e. The molecule has 2 N–H and O–H groups in total. The van der Waals surface area contributed by atoms with Gasteiger partial charge in [-0.15, -0.1) is 0 Å². The topological polar surface area (TPSA) is 84.6 Å². The molecule has 0 aromatic heterocycles. The maximum absolute atomic E-state index is 5.89. The van der Waals surface area contributed by atoms with Gasteiger partial charge in [0.25, 0.3) is 11.9 Å². The first-order chi connectivity index (χ1) is 20.5. The van der Waals surface area contributed by atoms with Crippen LogP contribution in [0.4, 0.5) is 0 Å². The zero-order valence-electron chi connectivity index (χ0n) is 28.9. The summed E-state index contributed by atoms with van der Waals surface area (Å²) in [5.74, 6) is -1.73. The van der Waals surface area contributed by atoms with Gasteiger partial charge in [0.1, 0.15) is 0 Å². The van der Waals surface area contributed by atoms with E-state index in [9.17, 15) is 0 Å². The van der Waals surface area contributed by atoms with Gasteiger partial charge in [0.2, 0.25) is 0 Å². The second kappa shape index (κ2) is 29.4. The molecule has 8 heteroatoms. The van der Waals surface area contributed by atoms with E-state index in [4.69, 9.17) is 34.2 Å². The first-order valence-corrected chi connectivity index (χ1v) is 17.2. The van der Waals surface area contributed by atoms with Crippen molar-refractivity contribution in [1.29, 1.82) is 0 Å². The van der Waals surface area contributed by atoms with E-state index in [1.807, 2.05) is 0 Å². The summed E-state index contributed by atoms with van der Waals surface area (Å²) < 4.78 is 32.2. The van der Waals surface area contributed by atoms with Crippen LogP contribution in [-0.2, 0) is 28.4 Å². The first kappa shape index (κ1) is 41.7. The van der Waals surface area contributed by atoms with E-state index < -0.39 is 11.9 Å². The summed E-state index contributed by atoms with van der Waals surface area (Å²) in [6, 6.07) is 0. The molecule has 0 unspecified atom stereocenters. The van der Waals surface area contributed by atoms with Crippen molar-refractivity contribution in [2.75, 3.05) is 68.8 Å². The van der Waals surface area contributed by atoms with Crippen LogP contribution >= 0.6 is 0 Å². The maximum Gasteiger partial charge on any atom is 0.282 e. The minimum atomic E-state index is -0.865. The molecule has 0 radical (unpaired) electrons. The molecular weight excluding hydrogens is 532 g/mol. The average Bonchev–Trinajstić information content (AvgIpc) is 3.02. The van der Waals surface area contributed by atoms with Crippen molar-refractivity contribution in [3.63, 3.8) is 0 Å². The summed E-state index contributed by atoms with van der Waals surface area (Å²) in [5.41, 5.74) is 5.89. The molecule has 0 saturated heterocycles. The molecule has 42 heavy (non-hydrogen) atoms. The molecule has 0 atom stereocenters. The molecule has 0 spiro atoms. The van der Waals surface area contributed by atoms with Crippen molar-refractivity contribution < 1.29 is 28.4 Å². The van der Waals surface area contributed by atoms with Gasteiger partial charge in [0.05, 0.1) is 0 Å². The summed E-state index contributed by atoms with van der Waals surface area (Å²) in [6.45, 7) is 4.24. The van der Waals surface area contributed by atoms with Crippen molar-refractivity contribution in [3.05, 3.63) is 0 Å². The van der Waals surface area contributed by atoms with Gasteiger partial charge in [-0.3, -0.25) is 0 Å². The molecule has 0 aliphatic heterocycles. The van der Waals surface area contributed by atoms with Gasteiger partial charge in [0, 0.05) is 68.6 Å². The Hall–Kier alpha value is -0.320. The third-order valence-corrected chi connectivity index (χ3v) is 8.73. The molecular formula is C34H72N2O6. The highest BCUT2D eigenvalue weighted by atomic mass is 16.9. The summed E-state index contributed by atoms with van der Waals surface area (Å²) in [6.07, 6.45) is 27.5. The van der Waals surface area contributed by atoms with E-state index in [0.29, 0.717) is 0 Å². The Kier molecular flexibility index (Phi) is 29.2. The van der Waals surface area contributed by atoms with Crippen LogP contribution in [0.2, 0.25) is 0 Å². The highest BCUT2D eigenvalue weighted by Gasteiger charge is 2.29. The summed E-state index contributed by atoms with van der Waals surface area (Å²) in [7, 11) is 9.82. The summed E-state index contributed by atoms with van der Waals surface area (Å²) in [5, 5.41) is 0. The second-order valence-electron chi connectivity index (χ2n) is 11.8. The number of rotatable bonds is 34. The Balaban J connectivity index is 3.59. The highest BCUT2D eigenvalue weighted by Crippen LogP contribution is 2.23. The third-order valence-electron chi connectivity index (χ3n) is 8.73. The zero-order valence-corrected chi connectivity index (χ0v) is 28.9. The van der Waals surface area contributed by atoms with Crippen LogP contribution < -0.4 is 5.73 Å². The average molecular weight is 605 g/mol. The van der Waals surface area contributed by atoms with Gasteiger partial charge in [-0.2, -0.15) is 0 Å². The molecule has 0 aliphatic rings. The Labute approximate surface area is 261 Å². The van der Waals surface area contributed by atoms with Gasteiger partial charge in [-0.05, 0) is 38.8 Å². The number of unbranched alkanes of at least 4 members (excludes halogenated alkanes) is 18. The van der Waals surface area contributed by atoms with E-state index in [2.05, 4.69) is 4.90 Å². The fraction of sp³-hybridized carbons (Fsp3) is 1.00. The lowest BCUT2D eigenvalue weighted by molar-refractivity contribution is -0.355. The number of nitrogens with zero attached hydrogens (tertiary/aromatic N) is 1.